The Morgan fingerprint density at radius 3 is 2.57 bits per heavy atom. The zero-order valence-electron chi connectivity index (χ0n) is 12.4. The molecule has 1 aromatic carbocycles. The largest absolute Gasteiger partial charge is 0.291 e. The summed E-state index contributed by atoms with van der Waals surface area (Å²) in [5.74, 6) is -0.399. The average Bonchev–Trinajstić information content (AvgIpc) is 3.07. The molecule has 4 nitrogen and oxygen atoms in total. The second-order valence-electron chi connectivity index (χ2n) is 5.01. The summed E-state index contributed by atoms with van der Waals surface area (Å²) in [5, 5.41) is 2.54. The minimum absolute atomic E-state index is 0.0905. The first-order chi connectivity index (χ1) is 11.1. The van der Waals surface area contributed by atoms with Crippen LogP contribution in [0.1, 0.15) is 5.56 Å². The number of rotatable bonds is 4. The molecule has 23 heavy (non-hydrogen) atoms. The predicted molar refractivity (Wildman–Crippen MR) is 88.9 cm³/mol. The summed E-state index contributed by atoms with van der Waals surface area (Å²) in [6.07, 6.45) is 3.62. The molecule has 0 bridgehead atoms. The van der Waals surface area contributed by atoms with Crippen LogP contribution < -0.4 is 4.90 Å². The SMILES string of the molecule is CN(C(=O)Cc1ccc(F)cc1)c1nc(-c2ccncc2)cs1. The molecule has 2 heterocycles. The number of nitrogens with zero attached hydrogens (tertiary/aromatic N) is 3. The second kappa shape index (κ2) is 6.66. The van der Waals surface area contributed by atoms with E-state index in [4.69, 9.17) is 0 Å². The van der Waals surface area contributed by atoms with Gasteiger partial charge < -0.3 is 0 Å². The molecular formula is C17H14FN3OS. The molecule has 0 saturated carbocycles. The van der Waals surface area contributed by atoms with E-state index in [0.29, 0.717) is 5.13 Å². The summed E-state index contributed by atoms with van der Waals surface area (Å²) >= 11 is 1.41. The van der Waals surface area contributed by atoms with E-state index in [1.54, 1.807) is 31.6 Å². The van der Waals surface area contributed by atoms with Crippen LogP contribution in [0.2, 0.25) is 0 Å². The van der Waals surface area contributed by atoms with Crippen molar-refractivity contribution in [3.8, 4) is 11.3 Å². The molecule has 1 amide bonds. The van der Waals surface area contributed by atoms with E-state index in [1.807, 2.05) is 17.5 Å². The quantitative estimate of drug-likeness (QED) is 0.736. The first-order valence-corrected chi connectivity index (χ1v) is 7.88. The molecule has 0 spiro atoms. The number of benzene rings is 1. The minimum Gasteiger partial charge on any atom is -0.291 e. The molecule has 3 rings (SSSR count). The Hall–Kier alpha value is -2.60. The van der Waals surface area contributed by atoms with Crippen LogP contribution in [0.5, 0.6) is 0 Å². The monoisotopic (exact) mass is 327 g/mol. The zero-order valence-corrected chi connectivity index (χ0v) is 13.3. The number of hydrogen-bond acceptors (Lipinski definition) is 4. The molecule has 0 aliphatic heterocycles. The van der Waals surface area contributed by atoms with E-state index in [-0.39, 0.29) is 18.1 Å². The number of halogens is 1. The smallest absolute Gasteiger partial charge is 0.232 e. The summed E-state index contributed by atoms with van der Waals surface area (Å²) in [5.41, 5.74) is 2.55. The maximum Gasteiger partial charge on any atom is 0.232 e. The van der Waals surface area contributed by atoms with Gasteiger partial charge in [-0.25, -0.2) is 9.37 Å². The van der Waals surface area contributed by atoms with Gasteiger partial charge in [-0.2, -0.15) is 0 Å². The van der Waals surface area contributed by atoms with Crippen molar-refractivity contribution in [1.29, 1.82) is 0 Å². The molecule has 0 saturated heterocycles. The van der Waals surface area contributed by atoms with Crippen molar-refractivity contribution < 1.29 is 9.18 Å². The molecular weight excluding hydrogens is 313 g/mol. The third-order valence-electron chi connectivity index (χ3n) is 3.40. The summed E-state index contributed by atoms with van der Waals surface area (Å²) < 4.78 is 12.9. The number of aromatic nitrogens is 2. The van der Waals surface area contributed by atoms with E-state index < -0.39 is 0 Å². The van der Waals surface area contributed by atoms with Crippen LogP contribution in [-0.4, -0.2) is 22.9 Å². The van der Waals surface area contributed by atoms with E-state index in [9.17, 15) is 9.18 Å². The second-order valence-corrected chi connectivity index (χ2v) is 5.84. The lowest BCUT2D eigenvalue weighted by Crippen LogP contribution is -2.27. The highest BCUT2D eigenvalue weighted by molar-refractivity contribution is 7.14. The Balaban J connectivity index is 1.72. The molecule has 0 unspecified atom stereocenters. The molecule has 6 heteroatoms. The molecule has 2 aromatic heterocycles. The fraction of sp³-hybridized carbons (Fsp3) is 0.118. The molecule has 116 valence electrons. The van der Waals surface area contributed by atoms with Crippen molar-refractivity contribution in [1.82, 2.24) is 9.97 Å². The van der Waals surface area contributed by atoms with E-state index in [2.05, 4.69) is 9.97 Å². The molecule has 3 aromatic rings. The first kappa shape index (κ1) is 15.3. The fourth-order valence-electron chi connectivity index (χ4n) is 2.08. The van der Waals surface area contributed by atoms with Gasteiger partial charge in [0.2, 0.25) is 5.91 Å². The lowest BCUT2D eigenvalue weighted by atomic mass is 10.1. The minimum atomic E-state index is -0.309. The topological polar surface area (TPSA) is 46.1 Å². The maximum atomic E-state index is 12.9. The highest BCUT2D eigenvalue weighted by Crippen LogP contribution is 2.26. The molecule has 0 radical (unpaired) electrons. The number of amides is 1. The summed E-state index contributed by atoms with van der Waals surface area (Å²) in [6, 6.07) is 9.69. The lowest BCUT2D eigenvalue weighted by Gasteiger charge is -2.13. The number of pyridine rings is 1. The first-order valence-electron chi connectivity index (χ1n) is 7.00. The van der Waals surface area contributed by atoms with Crippen molar-refractivity contribution in [2.75, 3.05) is 11.9 Å². The number of carbonyl (C=O) groups excluding carboxylic acids is 1. The number of likely N-dealkylation sites (N-methyl/N-ethyl adjacent to an activating group) is 1. The summed E-state index contributed by atoms with van der Waals surface area (Å²) in [4.78, 5) is 22.3. The van der Waals surface area contributed by atoms with Gasteiger partial charge in [0.15, 0.2) is 5.13 Å². The number of thiazole rings is 1. The Morgan fingerprint density at radius 1 is 1.17 bits per heavy atom. The van der Waals surface area contributed by atoms with Crippen LogP contribution >= 0.6 is 11.3 Å². The summed E-state index contributed by atoms with van der Waals surface area (Å²) in [6.45, 7) is 0. The lowest BCUT2D eigenvalue weighted by molar-refractivity contribution is -0.117. The molecule has 0 fully saturated rings. The summed E-state index contributed by atoms with van der Waals surface area (Å²) in [7, 11) is 1.70. The average molecular weight is 327 g/mol. The van der Waals surface area contributed by atoms with Crippen LogP contribution in [0.25, 0.3) is 11.3 Å². The van der Waals surface area contributed by atoms with Crippen LogP contribution in [0.3, 0.4) is 0 Å². The fourth-order valence-corrected chi connectivity index (χ4v) is 2.89. The van der Waals surface area contributed by atoms with Gasteiger partial charge in [0.1, 0.15) is 5.82 Å². The van der Waals surface area contributed by atoms with Gasteiger partial charge in [-0.1, -0.05) is 12.1 Å². The van der Waals surface area contributed by atoms with Crippen molar-refractivity contribution >= 4 is 22.4 Å². The van der Waals surface area contributed by atoms with E-state index in [1.165, 1.54) is 28.4 Å². The molecule has 0 N–H and O–H groups in total. The number of anilines is 1. The van der Waals surface area contributed by atoms with Crippen molar-refractivity contribution in [3.63, 3.8) is 0 Å². The van der Waals surface area contributed by atoms with Gasteiger partial charge in [-0.3, -0.25) is 14.7 Å². The van der Waals surface area contributed by atoms with Crippen molar-refractivity contribution in [2.24, 2.45) is 0 Å². The molecule has 0 atom stereocenters. The highest BCUT2D eigenvalue weighted by atomic mass is 32.1. The maximum absolute atomic E-state index is 12.9. The van der Waals surface area contributed by atoms with Crippen LogP contribution in [0, 0.1) is 5.82 Å². The molecule has 0 aliphatic rings. The van der Waals surface area contributed by atoms with Crippen molar-refractivity contribution in [3.05, 3.63) is 65.6 Å². The third-order valence-corrected chi connectivity index (χ3v) is 4.31. The highest BCUT2D eigenvalue weighted by Gasteiger charge is 2.15. The predicted octanol–water partition coefficient (Wildman–Crippen LogP) is 3.55. The van der Waals surface area contributed by atoms with Crippen LogP contribution in [-0.2, 0) is 11.2 Å². The third kappa shape index (κ3) is 3.60. The van der Waals surface area contributed by atoms with Crippen molar-refractivity contribution in [2.45, 2.75) is 6.42 Å². The van der Waals surface area contributed by atoms with Gasteiger partial charge in [-0.05, 0) is 29.8 Å². The van der Waals surface area contributed by atoms with Gasteiger partial charge >= 0.3 is 0 Å². The van der Waals surface area contributed by atoms with E-state index in [0.717, 1.165) is 16.8 Å². The normalized spacial score (nSPS) is 10.5. The van der Waals surface area contributed by atoms with E-state index >= 15 is 0 Å². The molecule has 0 aliphatic carbocycles. The van der Waals surface area contributed by atoms with Gasteiger partial charge in [0.05, 0.1) is 12.1 Å². The Kier molecular flexibility index (Phi) is 4.43. The number of carbonyl (C=O) groups is 1. The van der Waals surface area contributed by atoms with Crippen LogP contribution in [0.4, 0.5) is 9.52 Å². The standard InChI is InChI=1S/C17H14FN3OS/c1-21(16(22)10-12-2-4-14(18)5-3-12)17-20-15(11-23-17)13-6-8-19-9-7-13/h2-9,11H,10H2,1H3. The number of hydrogen-bond donors (Lipinski definition) is 0. The van der Waals surface area contributed by atoms with Crippen LogP contribution in [0.15, 0.2) is 54.2 Å². The Labute approximate surface area is 137 Å². The Morgan fingerprint density at radius 2 is 1.87 bits per heavy atom. The zero-order chi connectivity index (χ0) is 16.2. The van der Waals surface area contributed by atoms with Gasteiger partial charge in [0, 0.05) is 30.4 Å². The Bertz CT molecular complexity index is 802. The van der Waals surface area contributed by atoms with Gasteiger partial charge in [-0.15, -0.1) is 11.3 Å². The van der Waals surface area contributed by atoms with Gasteiger partial charge in [0.25, 0.3) is 0 Å².